The van der Waals surface area contributed by atoms with Crippen LogP contribution in [0.3, 0.4) is 0 Å². The van der Waals surface area contributed by atoms with Crippen LogP contribution in [-0.4, -0.2) is 30.5 Å². The van der Waals surface area contributed by atoms with Gasteiger partial charge in [-0.05, 0) is 37.1 Å². The zero-order valence-electron chi connectivity index (χ0n) is 16.6. The Morgan fingerprint density at radius 2 is 2.00 bits per heavy atom. The summed E-state index contributed by atoms with van der Waals surface area (Å²) in [6, 6.07) is 13.7. The van der Waals surface area contributed by atoms with Crippen molar-refractivity contribution < 1.29 is 4.79 Å². The van der Waals surface area contributed by atoms with Crippen molar-refractivity contribution in [2.24, 2.45) is 0 Å². The molecule has 4 heterocycles. The van der Waals surface area contributed by atoms with Gasteiger partial charge >= 0.3 is 0 Å². The number of aromatic nitrogens is 5. The molecule has 0 saturated heterocycles. The molecule has 0 spiro atoms. The summed E-state index contributed by atoms with van der Waals surface area (Å²) in [7, 11) is 0. The topological polar surface area (TPSA) is 77.6 Å². The molecule has 0 atom stereocenters. The second-order valence-electron chi connectivity index (χ2n) is 7.31. The molecule has 0 unspecified atom stereocenters. The maximum Gasteiger partial charge on any atom is 0.222 e. The third kappa shape index (κ3) is 3.07. The quantitative estimate of drug-likeness (QED) is 0.504. The Bertz CT molecular complexity index is 1270. The number of fused-ring (bicyclic) bond motifs is 3. The van der Waals surface area contributed by atoms with E-state index in [4.69, 9.17) is 16.7 Å². The van der Waals surface area contributed by atoms with Gasteiger partial charge in [0.1, 0.15) is 5.15 Å². The highest BCUT2D eigenvalue weighted by molar-refractivity contribution is 6.29. The number of carbonyl (C=O) groups is 1. The van der Waals surface area contributed by atoms with Gasteiger partial charge in [-0.3, -0.25) is 9.48 Å². The lowest BCUT2D eigenvalue weighted by Crippen LogP contribution is -2.14. The Hall–Kier alpha value is -3.45. The molecule has 0 bridgehead atoms. The zero-order valence-corrected chi connectivity index (χ0v) is 17.3. The third-order valence-corrected chi connectivity index (χ3v) is 5.45. The van der Waals surface area contributed by atoms with Crippen LogP contribution in [0.1, 0.15) is 18.1 Å². The van der Waals surface area contributed by atoms with Gasteiger partial charge in [0, 0.05) is 36.9 Å². The van der Waals surface area contributed by atoms with Crippen LogP contribution in [0.2, 0.25) is 5.15 Å². The van der Waals surface area contributed by atoms with Crippen molar-refractivity contribution in [3.8, 4) is 28.3 Å². The molecule has 0 radical (unpaired) electrons. The number of amides is 1. The number of hydrogen-bond acceptors (Lipinski definition) is 4. The standard InChI is InChI=1S/C22H19ClN6O/c1-13-5-3-4-6-17(13)29-22-16(21(27-29)15-7-8-19(23)24-12-15)9-10-28-18(22)11-20(26-28)25-14(2)30/h3-8,11-12H,9-10H2,1-2H3,(H,25,26,30). The molecular formula is C22H19ClN6O. The largest absolute Gasteiger partial charge is 0.309 e. The smallest absolute Gasteiger partial charge is 0.222 e. The first kappa shape index (κ1) is 18.6. The van der Waals surface area contributed by atoms with Crippen molar-refractivity contribution in [3.63, 3.8) is 0 Å². The van der Waals surface area contributed by atoms with E-state index in [1.165, 1.54) is 6.92 Å². The Morgan fingerprint density at radius 3 is 2.73 bits per heavy atom. The van der Waals surface area contributed by atoms with Crippen LogP contribution in [0.25, 0.3) is 28.3 Å². The molecule has 0 aliphatic carbocycles. The van der Waals surface area contributed by atoms with Gasteiger partial charge < -0.3 is 5.32 Å². The number of pyridine rings is 1. The molecule has 8 heteroatoms. The monoisotopic (exact) mass is 418 g/mol. The number of aryl methyl sites for hydroxylation is 2. The molecule has 150 valence electrons. The van der Waals surface area contributed by atoms with Gasteiger partial charge in [0.15, 0.2) is 5.82 Å². The second kappa shape index (κ2) is 7.11. The highest BCUT2D eigenvalue weighted by Crippen LogP contribution is 2.39. The predicted octanol–water partition coefficient (Wildman–Crippen LogP) is 4.27. The van der Waals surface area contributed by atoms with Crippen LogP contribution in [0.15, 0.2) is 48.7 Å². The fraction of sp³-hybridized carbons (Fsp3) is 0.182. The van der Waals surface area contributed by atoms with E-state index in [-0.39, 0.29) is 5.91 Å². The summed E-state index contributed by atoms with van der Waals surface area (Å²) in [5.74, 6) is 0.392. The van der Waals surface area contributed by atoms with E-state index in [1.54, 1.807) is 12.3 Å². The summed E-state index contributed by atoms with van der Waals surface area (Å²) in [6.07, 6.45) is 2.52. The van der Waals surface area contributed by atoms with Gasteiger partial charge in [0.05, 0.1) is 22.8 Å². The summed E-state index contributed by atoms with van der Waals surface area (Å²) < 4.78 is 3.90. The highest BCUT2D eigenvalue weighted by atomic mass is 35.5. The van der Waals surface area contributed by atoms with E-state index in [9.17, 15) is 4.79 Å². The molecule has 5 rings (SSSR count). The first-order valence-corrected chi connectivity index (χ1v) is 10.0. The minimum absolute atomic E-state index is 0.147. The maximum atomic E-state index is 11.5. The molecule has 1 aliphatic rings. The molecule has 4 aromatic rings. The molecule has 1 N–H and O–H groups in total. The molecule has 30 heavy (non-hydrogen) atoms. The summed E-state index contributed by atoms with van der Waals surface area (Å²) in [6.45, 7) is 4.25. The van der Waals surface area contributed by atoms with E-state index < -0.39 is 0 Å². The number of benzene rings is 1. The number of rotatable bonds is 3. The maximum absolute atomic E-state index is 11.5. The molecule has 1 amide bonds. The summed E-state index contributed by atoms with van der Waals surface area (Å²) in [5, 5.41) is 12.8. The van der Waals surface area contributed by atoms with Gasteiger partial charge in [-0.15, -0.1) is 0 Å². The lowest BCUT2D eigenvalue weighted by Gasteiger charge is -2.17. The highest BCUT2D eigenvalue weighted by Gasteiger charge is 2.29. The van der Waals surface area contributed by atoms with Crippen molar-refractivity contribution in [1.82, 2.24) is 24.5 Å². The van der Waals surface area contributed by atoms with E-state index in [0.717, 1.165) is 45.9 Å². The number of anilines is 1. The zero-order chi connectivity index (χ0) is 20.8. The van der Waals surface area contributed by atoms with E-state index in [1.807, 2.05) is 33.6 Å². The molecule has 3 aromatic heterocycles. The summed E-state index contributed by atoms with van der Waals surface area (Å²) >= 11 is 5.99. The average Bonchev–Trinajstić information content (AvgIpc) is 3.29. The summed E-state index contributed by atoms with van der Waals surface area (Å²) in [5.41, 5.74) is 6.93. The first-order valence-electron chi connectivity index (χ1n) is 9.67. The van der Waals surface area contributed by atoms with Gasteiger partial charge in [0.25, 0.3) is 0 Å². The van der Waals surface area contributed by atoms with E-state index >= 15 is 0 Å². The fourth-order valence-corrected chi connectivity index (χ4v) is 4.02. The molecule has 1 aromatic carbocycles. The van der Waals surface area contributed by atoms with Gasteiger partial charge in [-0.25, -0.2) is 9.67 Å². The number of carbonyl (C=O) groups excluding carboxylic acids is 1. The van der Waals surface area contributed by atoms with E-state index in [2.05, 4.69) is 34.5 Å². The van der Waals surface area contributed by atoms with Gasteiger partial charge in [-0.2, -0.15) is 10.2 Å². The Balaban J connectivity index is 1.76. The number of nitrogens with one attached hydrogen (secondary N) is 1. The molecular weight excluding hydrogens is 400 g/mol. The Kier molecular flexibility index (Phi) is 4.40. The average molecular weight is 419 g/mol. The van der Waals surface area contributed by atoms with Gasteiger partial charge in [-0.1, -0.05) is 29.8 Å². The third-order valence-electron chi connectivity index (χ3n) is 5.23. The van der Waals surface area contributed by atoms with Gasteiger partial charge in [0.2, 0.25) is 5.91 Å². The predicted molar refractivity (Wildman–Crippen MR) is 116 cm³/mol. The Morgan fingerprint density at radius 1 is 1.17 bits per heavy atom. The van der Waals surface area contributed by atoms with Crippen molar-refractivity contribution in [3.05, 3.63) is 64.9 Å². The molecule has 1 aliphatic heterocycles. The van der Waals surface area contributed by atoms with Crippen LogP contribution in [-0.2, 0) is 17.8 Å². The van der Waals surface area contributed by atoms with Crippen LogP contribution < -0.4 is 5.32 Å². The number of halogens is 1. The normalized spacial score (nSPS) is 12.4. The Labute approximate surface area is 178 Å². The lowest BCUT2D eigenvalue weighted by atomic mass is 10.00. The molecule has 0 saturated carbocycles. The van der Waals surface area contributed by atoms with Crippen LogP contribution >= 0.6 is 11.6 Å². The fourth-order valence-electron chi connectivity index (χ4n) is 3.91. The van der Waals surface area contributed by atoms with Crippen molar-refractivity contribution in [2.75, 3.05) is 5.32 Å². The SMILES string of the molecule is CC(=O)Nc1cc2n(n1)CCc1c(-c3ccc(Cl)nc3)nn(-c3ccccc3C)c1-2. The van der Waals surface area contributed by atoms with Crippen molar-refractivity contribution >= 4 is 23.3 Å². The first-order chi connectivity index (χ1) is 14.5. The summed E-state index contributed by atoms with van der Waals surface area (Å²) in [4.78, 5) is 15.8. The van der Waals surface area contributed by atoms with Crippen molar-refractivity contribution in [1.29, 1.82) is 0 Å². The lowest BCUT2D eigenvalue weighted by molar-refractivity contribution is -0.114. The minimum Gasteiger partial charge on any atom is -0.309 e. The van der Waals surface area contributed by atoms with Crippen LogP contribution in [0.4, 0.5) is 5.82 Å². The number of para-hydroxylation sites is 1. The molecule has 0 fully saturated rings. The minimum atomic E-state index is -0.147. The van der Waals surface area contributed by atoms with Crippen molar-refractivity contribution in [2.45, 2.75) is 26.8 Å². The van der Waals surface area contributed by atoms with Crippen LogP contribution in [0.5, 0.6) is 0 Å². The molecule has 7 nitrogen and oxygen atoms in total. The number of hydrogen-bond donors (Lipinski definition) is 1. The van der Waals surface area contributed by atoms with E-state index in [0.29, 0.717) is 17.5 Å². The van der Waals surface area contributed by atoms with Crippen LogP contribution in [0, 0.1) is 6.92 Å². The number of nitrogens with zero attached hydrogens (tertiary/aromatic N) is 5. The second-order valence-corrected chi connectivity index (χ2v) is 7.70.